The van der Waals surface area contributed by atoms with Crippen molar-refractivity contribution >= 4 is 33.9 Å². The van der Waals surface area contributed by atoms with Gasteiger partial charge in [-0.25, -0.2) is 4.98 Å². The molecule has 0 radical (unpaired) electrons. The van der Waals surface area contributed by atoms with Gasteiger partial charge in [0.25, 0.3) is 0 Å². The highest BCUT2D eigenvalue weighted by molar-refractivity contribution is 5.88. The highest BCUT2D eigenvalue weighted by Gasteiger charge is 2.22. The molecule has 1 N–H and O–H groups in total. The average molecular weight is 404 g/mol. The number of para-hydroxylation sites is 2. The normalized spacial score (nSPS) is 15.0. The van der Waals surface area contributed by atoms with Crippen LogP contribution < -0.4 is 9.64 Å². The standard InChI is InChI=1S/C23H24N4O3/c1-29-17-7-8-18-16(15-30-21(18)14-17)13-22(28)26-9-4-10-27(12-11-26)23-24-19-5-2-3-6-20(19)25-23/h2-3,5-8,14-15H,4,9-13H2,1H3,(H,24,25). The van der Waals surface area contributed by atoms with Crippen LogP contribution in [0, 0.1) is 0 Å². The number of nitrogens with one attached hydrogen (secondary N) is 1. The molecule has 5 rings (SSSR count). The smallest absolute Gasteiger partial charge is 0.227 e. The Balaban J connectivity index is 1.27. The second-order valence-corrected chi connectivity index (χ2v) is 7.60. The number of methoxy groups -OCH3 is 1. The van der Waals surface area contributed by atoms with E-state index in [1.807, 2.05) is 47.4 Å². The summed E-state index contributed by atoms with van der Waals surface area (Å²) in [5, 5.41) is 0.961. The van der Waals surface area contributed by atoms with Crippen molar-refractivity contribution in [2.75, 3.05) is 38.2 Å². The molecule has 0 atom stereocenters. The Kier molecular flexibility index (Phi) is 4.78. The van der Waals surface area contributed by atoms with E-state index in [9.17, 15) is 4.79 Å². The van der Waals surface area contributed by atoms with E-state index < -0.39 is 0 Å². The Labute approximate surface area is 174 Å². The number of hydrogen-bond donors (Lipinski definition) is 1. The number of carbonyl (C=O) groups excluding carboxylic acids is 1. The summed E-state index contributed by atoms with van der Waals surface area (Å²) in [5.74, 6) is 1.74. The molecule has 2 aromatic carbocycles. The number of hydrogen-bond acceptors (Lipinski definition) is 5. The molecule has 2 aromatic heterocycles. The number of imidazole rings is 1. The van der Waals surface area contributed by atoms with E-state index >= 15 is 0 Å². The highest BCUT2D eigenvalue weighted by Crippen LogP contribution is 2.26. The van der Waals surface area contributed by atoms with Crippen LogP contribution in [0.3, 0.4) is 0 Å². The van der Waals surface area contributed by atoms with Crippen LogP contribution in [-0.4, -0.2) is 54.1 Å². The molecular weight excluding hydrogens is 380 g/mol. The predicted molar refractivity (Wildman–Crippen MR) is 116 cm³/mol. The molecule has 1 amide bonds. The monoisotopic (exact) mass is 404 g/mol. The first-order valence-corrected chi connectivity index (χ1v) is 10.2. The van der Waals surface area contributed by atoms with Crippen LogP contribution in [0.5, 0.6) is 5.75 Å². The lowest BCUT2D eigenvalue weighted by Gasteiger charge is -2.21. The molecule has 1 aliphatic heterocycles. The maximum atomic E-state index is 13.0. The Hall–Kier alpha value is -3.48. The third-order valence-electron chi connectivity index (χ3n) is 5.73. The topological polar surface area (TPSA) is 74.6 Å². The largest absolute Gasteiger partial charge is 0.497 e. The molecule has 1 saturated heterocycles. The van der Waals surface area contributed by atoms with E-state index in [2.05, 4.69) is 9.88 Å². The van der Waals surface area contributed by atoms with Crippen molar-refractivity contribution in [3.05, 3.63) is 54.3 Å². The number of benzene rings is 2. The van der Waals surface area contributed by atoms with E-state index in [1.165, 1.54) is 0 Å². The van der Waals surface area contributed by atoms with Crippen molar-refractivity contribution in [2.24, 2.45) is 0 Å². The number of fused-ring (bicyclic) bond motifs is 2. The van der Waals surface area contributed by atoms with Crippen LogP contribution >= 0.6 is 0 Å². The van der Waals surface area contributed by atoms with Gasteiger partial charge in [-0.3, -0.25) is 4.79 Å². The lowest BCUT2D eigenvalue weighted by molar-refractivity contribution is -0.130. The van der Waals surface area contributed by atoms with Crippen molar-refractivity contribution in [2.45, 2.75) is 12.8 Å². The summed E-state index contributed by atoms with van der Waals surface area (Å²) >= 11 is 0. The van der Waals surface area contributed by atoms with Crippen molar-refractivity contribution in [3.63, 3.8) is 0 Å². The first-order valence-electron chi connectivity index (χ1n) is 10.2. The number of nitrogens with zero attached hydrogens (tertiary/aromatic N) is 3. The summed E-state index contributed by atoms with van der Waals surface area (Å²) in [6.07, 6.45) is 2.93. The molecule has 0 spiro atoms. The molecule has 1 aliphatic rings. The van der Waals surface area contributed by atoms with Crippen LogP contribution in [0.4, 0.5) is 5.95 Å². The third-order valence-corrected chi connectivity index (χ3v) is 5.73. The van der Waals surface area contributed by atoms with Crippen molar-refractivity contribution in [3.8, 4) is 5.75 Å². The molecule has 7 nitrogen and oxygen atoms in total. The molecule has 4 aromatic rings. The third kappa shape index (κ3) is 3.47. The molecule has 3 heterocycles. The van der Waals surface area contributed by atoms with Gasteiger partial charge < -0.3 is 23.9 Å². The first kappa shape index (κ1) is 18.5. The number of furan rings is 1. The van der Waals surface area contributed by atoms with Gasteiger partial charge in [0, 0.05) is 43.2 Å². The van der Waals surface area contributed by atoms with E-state index in [4.69, 9.17) is 14.1 Å². The Morgan fingerprint density at radius 1 is 1.17 bits per heavy atom. The van der Waals surface area contributed by atoms with E-state index in [0.29, 0.717) is 13.0 Å². The van der Waals surface area contributed by atoms with Gasteiger partial charge in [0.05, 0.1) is 30.8 Å². The molecule has 0 bridgehead atoms. The van der Waals surface area contributed by atoms with Crippen LogP contribution in [-0.2, 0) is 11.2 Å². The van der Waals surface area contributed by atoms with E-state index in [0.717, 1.165) is 65.3 Å². The van der Waals surface area contributed by atoms with Crippen molar-refractivity contribution in [1.82, 2.24) is 14.9 Å². The lowest BCUT2D eigenvalue weighted by atomic mass is 10.1. The summed E-state index contributed by atoms with van der Waals surface area (Å²) < 4.78 is 10.9. The van der Waals surface area contributed by atoms with Crippen LogP contribution in [0.15, 0.2) is 53.1 Å². The van der Waals surface area contributed by atoms with Crippen molar-refractivity contribution in [1.29, 1.82) is 0 Å². The van der Waals surface area contributed by atoms with E-state index in [-0.39, 0.29) is 5.91 Å². The van der Waals surface area contributed by atoms with Gasteiger partial charge in [-0.05, 0) is 30.7 Å². The second-order valence-electron chi connectivity index (χ2n) is 7.60. The van der Waals surface area contributed by atoms with Gasteiger partial charge in [0.1, 0.15) is 11.3 Å². The maximum absolute atomic E-state index is 13.0. The molecule has 7 heteroatoms. The van der Waals surface area contributed by atoms with Crippen LogP contribution in [0.1, 0.15) is 12.0 Å². The number of anilines is 1. The number of ether oxygens (including phenoxy) is 1. The van der Waals surface area contributed by atoms with Gasteiger partial charge >= 0.3 is 0 Å². The minimum Gasteiger partial charge on any atom is -0.497 e. The minimum absolute atomic E-state index is 0.125. The van der Waals surface area contributed by atoms with Crippen LogP contribution in [0.25, 0.3) is 22.0 Å². The predicted octanol–water partition coefficient (Wildman–Crippen LogP) is 3.60. The SMILES string of the molecule is COc1ccc2c(CC(=O)N3CCCN(c4nc5ccccc5[nH]4)CC3)coc2c1. The van der Waals surface area contributed by atoms with Crippen LogP contribution in [0.2, 0.25) is 0 Å². The maximum Gasteiger partial charge on any atom is 0.227 e. The molecule has 154 valence electrons. The molecule has 0 saturated carbocycles. The highest BCUT2D eigenvalue weighted by atomic mass is 16.5. The molecule has 0 aliphatic carbocycles. The summed E-state index contributed by atoms with van der Waals surface area (Å²) in [5.41, 5.74) is 3.65. The number of rotatable bonds is 4. The van der Waals surface area contributed by atoms with Gasteiger partial charge in [-0.2, -0.15) is 0 Å². The zero-order chi connectivity index (χ0) is 20.5. The zero-order valence-corrected chi connectivity index (χ0v) is 16.9. The number of H-pyrrole nitrogens is 1. The first-order chi connectivity index (χ1) is 14.7. The summed E-state index contributed by atoms with van der Waals surface area (Å²) in [4.78, 5) is 25.3. The minimum atomic E-state index is 0.125. The fraction of sp³-hybridized carbons (Fsp3) is 0.304. The second kappa shape index (κ2) is 7.74. The Morgan fingerprint density at radius 2 is 2.07 bits per heavy atom. The molecule has 0 unspecified atom stereocenters. The fourth-order valence-electron chi connectivity index (χ4n) is 4.07. The summed E-state index contributed by atoms with van der Waals surface area (Å²) in [6, 6.07) is 13.7. The number of carbonyl (C=O) groups is 1. The number of amides is 1. The van der Waals surface area contributed by atoms with E-state index in [1.54, 1.807) is 13.4 Å². The van der Waals surface area contributed by atoms with Gasteiger partial charge in [-0.1, -0.05) is 12.1 Å². The number of aromatic amines is 1. The summed E-state index contributed by atoms with van der Waals surface area (Å²) in [6.45, 7) is 3.06. The molecule has 30 heavy (non-hydrogen) atoms. The molecular formula is C23H24N4O3. The average Bonchev–Trinajstić information content (AvgIpc) is 3.29. The van der Waals surface area contributed by atoms with Gasteiger partial charge in [0.15, 0.2) is 0 Å². The fourth-order valence-corrected chi connectivity index (χ4v) is 4.07. The summed E-state index contributed by atoms with van der Waals surface area (Å²) in [7, 11) is 1.63. The zero-order valence-electron chi connectivity index (χ0n) is 16.9. The van der Waals surface area contributed by atoms with Crippen molar-refractivity contribution < 1.29 is 13.9 Å². The van der Waals surface area contributed by atoms with Gasteiger partial charge in [0.2, 0.25) is 11.9 Å². The van der Waals surface area contributed by atoms with Gasteiger partial charge in [-0.15, -0.1) is 0 Å². The Morgan fingerprint density at radius 3 is 2.93 bits per heavy atom. The lowest BCUT2D eigenvalue weighted by Crippen LogP contribution is -2.36. The quantitative estimate of drug-likeness (QED) is 0.563. The molecule has 1 fully saturated rings. The Bertz CT molecular complexity index is 1160. The number of aromatic nitrogens is 2.